The van der Waals surface area contributed by atoms with Gasteiger partial charge in [0, 0.05) is 111 Å². The molecule has 22 atom stereocenters. The highest BCUT2D eigenvalue weighted by molar-refractivity contribution is 5.91. The zero-order chi connectivity index (χ0) is 101. The van der Waals surface area contributed by atoms with Crippen LogP contribution in [0, 0.1) is 5.92 Å². The van der Waals surface area contributed by atoms with Crippen molar-refractivity contribution in [2.45, 2.75) is 278 Å². The molecule has 23 N–H and O–H groups in total. The molecule has 20 unspecified atom stereocenters. The fourth-order valence-electron chi connectivity index (χ4n) is 16.1. The van der Waals surface area contributed by atoms with E-state index >= 15 is 0 Å². The van der Waals surface area contributed by atoms with Crippen LogP contribution in [0.2, 0.25) is 0 Å². The molecule has 11 amide bonds. The average Bonchev–Trinajstić information content (AvgIpc) is 0.807. The van der Waals surface area contributed by atoms with Crippen molar-refractivity contribution in [1.29, 1.82) is 0 Å². The molecule has 6 fully saturated rings. The Morgan fingerprint density at radius 2 is 0.616 bits per heavy atom. The molecule has 1 saturated carbocycles. The minimum Gasteiger partial charge on any atom is -0.394 e. The number of carbonyl (C=O) groups is 11. The van der Waals surface area contributed by atoms with E-state index in [-0.39, 0.29) is 202 Å². The van der Waals surface area contributed by atoms with Crippen molar-refractivity contribution >= 4 is 65.0 Å². The van der Waals surface area contributed by atoms with E-state index in [9.17, 15) is 114 Å². The van der Waals surface area contributed by atoms with Crippen molar-refractivity contribution in [3.8, 4) is 0 Å². The Hall–Kier alpha value is -7.03. The number of likely N-dealkylation sites (tertiary alicyclic amines) is 1. The normalized spacial score (nSPS) is 28.2. The van der Waals surface area contributed by atoms with Crippen LogP contribution in [0.1, 0.15) is 119 Å². The summed E-state index contributed by atoms with van der Waals surface area (Å²) in [6.45, 7) is 7.15. The summed E-state index contributed by atoms with van der Waals surface area (Å²) in [6.07, 6.45) is -20.2. The molecule has 5 saturated heterocycles. The maximum absolute atomic E-state index is 14.6. The number of hydrogen-bond donors (Lipinski definition) is 23. The van der Waals surface area contributed by atoms with Crippen LogP contribution in [0.3, 0.4) is 0 Å². The summed E-state index contributed by atoms with van der Waals surface area (Å²) in [5.74, 6) is -7.49. The van der Waals surface area contributed by atoms with Crippen LogP contribution in [0.15, 0.2) is 0 Å². The topological polar surface area (TPSA) is 723 Å². The van der Waals surface area contributed by atoms with Gasteiger partial charge in [-0.15, -0.1) is 0 Å². The Labute approximate surface area is 801 Å². The van der Waals surface area contributed by atoms with Gasteiger partial charge in [0.05, 0.1) is 171 Å². The van der Waals surface area contributed by atoms with Crippen LogP contribution in [0.25, 0.3) is 0 Å². The number of piperidine rings is 1. The van der Waals surface area contributed by atoms with E-state index in [1.165, 1.54) is 27.7 Å². The molecule has 0 aromatic heterocycles. The van der Waals surface area contributed by atoms with E-state index in [4.69, 9.17) is 80.5 Å². The fraction of sp³-hybridized carbons (Fsp3) is 0.872. The molecule has 5 aliphatic heterocycles. The fourth-order valence-corrected chi connectivity index (χ4v) is 16.1. The number of rotatable bonds is 67. The second-order valence-corrected chi connectivity index (χ2v) is 34.3. The molecule has 1 aliphatic carbocycles. The van der Waals surface area contributed by atoms with Crippen LogP contribution in [-0.4, -0.2) is 488 Å². The first kappa shape index (κ1) is 120. The Morgan fingerprint density at radius 1 is 0.341 bits per heavy atom. The maximum atomic E-state index is 14.6. The standard InChI is InChI=1S/C86H152N12O40/c1-49(2)134-57-15-21-98(22-16-57)56-9-7-54(8-10-56)80(119)95-55(43-66(109)96-58(81(120)89-19-25-124-29-33-128-37-41-132-85-70(93-52(5)105)78(117)74(113)62(47-101)137-85)11-13-64(107)87-17-23-122-27-31-126-35-39-130-83-68(91-50(3)103)76(115)72(111)60(45-99)135-83)44-67(110)97-59(82(121)90-20-26-125-30-34-129-38-42-133-86-71(94-53(6)106)79(118)75(114)63(48-102)138-86)12-14-65(108)88-18-24-123-28-32-127-36-40-131-84-69(92-51(4)104)77(116)73(112)61(46-100)136-84/h49,54-63,68-79,83-86,99-102,111-118H,7-48H2,1-6H3,(H,87,107)(H,88,108)(H,89,120)(H,90,121)(H,91,103)(H,92,104)(H,93,105)(H,94,106)(H,95,119)(H,96,109)(H,97,110)/t54?,55?,56?,58-,59-,60?,61?,62?,63?,68?,69?,70?,71?,72?,73?,74?,75?,76?,77?,78?,79?,83?,84?,85?,86?/m1/s1. The van der Waals surface area contributed by atoms with Crippen molar-refractivity contribution in [1.82, 2.24) is 63.4 Å². The van der Waals surface area contributed by atoms with Crippen LogP contribution in [-0.2, 0) is 133 Å². The Bertz CT molecular complexity index is 3350. The summed E-state index contributed by atoms with van der Waals surface area (Å²) >= 11 is 0. The summed E-state index contributed by atoms with van der Waals surface area (Å²) in [5, 5.41) is 151. The largest absolute Gasteiger partial charge is 0.394 e. The van der Waals surface area contributed by atoms with E-state index in [1.807, 2.05) is 13.8 Å². The second-order valence-electron chi connectivity index (χ2n) is 34.3. The molecule has 0 aromatic rings. The van der Waals surface area contributed by atoms with E-state index < -0.39 is 251 Å². The zero-order valence-corrected chi connectivity index (χ0v) is 79.5. The maximum Gasteiger partial charge on any atom is 0.242 e. The lowest BCUT2D eigenvalue weighted by Gasteiger charge is -2.42. The molecule has 0 aromatic carbocycles. The highest BCUT2D eigenvalue weighted by atomic mass is 16.7. The molecule has 138 heavy (non-hydrogen) atoms. The van der Waals surface area contributed by atoms with E-state index in [1.54, 1.807) is 0 Å². The number of nitrogens with one attached hydrogen (secondary N) is 11. The van der Waals surface area contributed by atoms with Gasteiger partial charge in [0.1, 0.15) is 109 Å². The zero-order valence-electron chi connectivity index (χ0n) is 79.5. The number of amides is 11. The molecule has 52 nitrogen and oxygen atoms in total. The van der Waals surface area contributed by atoms with Gasteiger partial charge in [0.2, 0.25) is 65.0 Å². The SMILES string of the molecule is CC(=O)NC1C(OCCOCCOCCNC(=O)CC[C@@H](NC(=O)CC(CC(=O)N[C@H](CCC(=O)NCCOCCOCCOC2OC(CO)C(O)C(O)C2NC(C)=O)C(=O)NCCOCCOCCOC2OC(CO)C(O)C(O)C2NC(C)=O)NC(=O)C2CCC(N3CCC(OC(C)C)CC3)CC2)C(=O)NCCOCCOCCOC2OC(CO)C(O)C(O)C2NC(C)=O)OC(CO)C(O)C1O. The molecule has 0 spiro atoms. The lowest BCUT2D eigenvalue weighted by Crippen LogP contribution is -2.64. The average molecular weight is 1990 g/mol. The summed E-state index contributed by atoms with van der Waals surface area (Å²) < 4.78 is 96.0. The van der Waals surface area contributed by atoms with Gasteiger partial charge in [-0.25, -0.2) is 0 Å². The predicted molar refractivity (Wildman–Crippen MR) is 474 cm³/mol. The van der Waals surface area contributed by atoms with Crippen LogP contribution >= 0.6 is 0 Å². The molecule has 796 valence electrons. The quantitative estimate of drug-likeness (QED) is 0.0251. The number of carbonyl (C=O) groups excluding carboxylic acids is 11. The van der Waals surface area contributed by atoms with Gasteiger partial charge in [0.25, 0.3) is 0 Å². The number of hydrogen-bond acceptors (Lipinski definition) is 41. The van der Waals surface area contributed by atoms with Crippen molar-refractivity contribution < 1.29 is 195 Å². The third kappa shape index (κ3) is 44.0. The van der Waals surface area contributed by atoms with Gasteiger partial charge in [-0.05, 0) is 65.2 Å². The smallest absolute Gasteiger partial charge is 0.242 e. The highest BCUT2D eigenvalue weighted by Gasteiger charge is 2.50. The Balaban J connectivity index is 1.10. The Morgan fingerprint density at radius 3 is 0.891 bits per heavy atom. The van der Waals surface area contributed by atoms with Gasteiger partial charge in [-0.3, -0.25) is 52.7 Å². The van der Waals surface area contributed by atoms with Crippen LogP contribution in [0.4, 0.5) is 0 Å². The Kier molecular flexibility index (Phi) is 57.9. The van der Waals surface area contributed by atoms with Gasteiger partial charge < -0.3 is 205 Å². The highest BCUT2D eigenvalue weighted by Crippen LogP contribution is 2.32. The van der Waals surface area contributed by atoms with Gasteiger partial charge in [0.15, 0.2) is 25.2 Å². The monoisotopic (exact) mass is 1990 g/mol. The molecule has 6 rings (SSSR count). The molecule has 52 heteroatoms. The van der Waals surface area contributed by atoms with E-state index in [0.29, 0.717) is 25.7 Å². The first-order valence-electron chi connectivity index (χ1n) is 47.2. The summed E-state index contributed by atoms with van der Waals surface area (Å²) in [7, 11) is 0. The summed E-state index contributed by atoms with van der Waals surface area (Å²) in [4.78, 5) is 149. The number of aliphatic hydroxyl groups excluding tert-OH is 12. The molecule has 5 heterocycles. The van der Waals surface area contributed by atoms with E-state index in [0.717, 1.165) is 25.9 Å². The first-order valence-corrected chi connectivity index (χ1v) is 47.2. The molecular formula is C86H152N12O40. The third-order valence-electron chi connectivity index (χ3n) is 23.1. The molecule has 6 aliphatic rings. The molecular weight excluding hydrogens is 1840 g/mol. The predicted octanol–water partition coefficient (Wildman–Crippen LogP) is -11.3. The lowest BCUT2D eigenvalue weighted by molar-refractivity contribution is -0.272. The molecule has 0 bridgehead atoms. The number of aliphatic hydroxyl groups is 12. The van der Waals surface area contributed by atoms with Gasteiger partial charge >= 0.3 is 0 Å². The summed E-state index contributed by atoms with van der Waals surface area (Å²) in [5.41, 5.74) is 0. The summed E-state index contributed by atoms with van der Waals surface area (Å²) in [6, 6.07) is -8.63. The number of ether oxygens (including phenoxy) is 17. The second kappa shape index (κ2) is 66.7. The van der Waals surface area contributed by atoms with Crippen molar-refractivity contribution in [2.24, 2.45) is 5.92 Å². The third-order valence-corrected chi connectivity index (χ3v) is 23.1. The van der Waals surface area contributed by atoms with Gasteiger partial charge in [-0.1, -0.05) is 0 Å². The van der Waals surface area contributed by atoms with Crippen molar-refractivity contribution in [3.63, 3.8) is 0 Å². The minimum atomic E-state index is -1.53. The van der Waals surface area contributed by atoms with Crippen molar-refractivity contribution in [3.05, 3.63) is 0 Å². The van der Waals surface area contributed by atoms with Gasteiger partial charge in [-0.2, -0.15) is 0 Å². The van der Waals surface area contributed by atoms with Crippen molar-refractivity contribution in [2.75, 3.05) is 198 Å². The minimum absolute atomic E-state index is 0.000248. The van der Waals surface area contributed by atoms with E-state index in [2.05, 4.69) is 63.4 Å². The number of nitrogens with zero attached hydrogens (tertiary/aromatic N) is 1. The molecule has 0 radical (unpaired) electrons. The lowest BCUT2D eigenvalue weighted by atomic mass is 9.84. The first-order chi connectivity index (χ1) is 66.2. The van der Waals surface area contributed by atoms with Crippen LogP contribution in [0.5, 0.6) is 0 Å². The van der Waals surface area contributed by atoms with Crippen LogP contribution < -0.4 is 58.5 Å².